The van der Waals surface area contributed by atoms with Crippen molar-refractivity contribution in [3.63, 3.8) is 0 Å². The first-order valence-corrected chi connectivity index (χ1v) is 11.8. The summed E-state index contributed by atoms with van der Waals surface area (Å²) in [5.74, 6) is 0.937. The minimum Gasteiger partial charge on any atom is -0.497 e. The molecule has 1 aliphatic carbocycles. The van der Waals surface area contributed by atoms with Crippen LogP contribution in [0.2, 0.25) is 0 Å². The first kappa shape index (κ1) is 23.5. The molecule has 0 aromatic heterocycles. The first-order valence-electron chi connectivity index (χ1n) is 11.8. The lowest BCUT2D eigenvalue weighted by Crippen LogP contribution is -2.68. The number of fused-ring (bicyclic) bond motifs is 1. The third-order valence-electron chi connectivity index (χ3n) is 7.96. The van der Waals surface area contributed by atoms with Crippen molar-refractivity contribution in [3.8, 4) is 5.75 Å². The van der Waals surface area contributed by atoms with E-state index in [4.69, 9.17) is 9.47 Å². The number of hydrogen-bond donors (Lipinski definition) is 0. The largest absolute Gasteiger partial charge is 0.497 e. The van der Waals surface area contributed by atoms with Gasteiger partial charge in [0.05, 0.1) is 12.7 Å². The van der Waals surface area contributed by atoms with Gasteiger partial charge in [0.2, 0.25) is 0 Å². The molecule has 2 aromatic carbocycles. The van der Waals surface area contributed by atoms with Crippen molar-refractivity contribution in [2.45, 2.75) is 42.7 Å². The van der Waals surface area contributed by atoms with Gasteiger partial charge < -0.3 is 14.4 Å². The van der Waals surface area contributed by atoms with E-state index in [-0.39, 0.29) is 23.0 Å². The van der Waals surface area contributed by atoms with Crippen LogP contribution in [0.15, 0.2) is 67.3 Å². The Morgan fingerprint density at radius 1 is 1.18 bits per heavy atom. The number of piperidine rings is 1. The highest BCUT2D eigenvalue weighted by molar-refractivity contribution is 5.94. The van der Waals surface area contributed by atoms with Crippen LogP contribution < -0.4 is 4.74 Å². The summed E-state index contributed by atoms with van der Waals surface area (Å²) in [6.07, 6.45) is 5.61. The quantitative estimate of drug-likeness (QED) is 0.584. The second-order valence-electron chi connectivity index (χ2n) is 9.46. The Hall–Kier alpha value is -2.63. The number of amides is 1. The summed E-state index contributed by atoms with van der Waals surface area (Å²) >= 11 is 0. The molecule has 2 fully saturated rings. The second-order valence-corrected chi connectivity index (χ2v) is 9.46. The fraction of sp³-hybridized carbons (Fsp3) is 0.464. The highest BCUT2D eigenvalue weighted by atomic mass is 16.5. The van der Waals surface area contributed by atoms with E-state index in [0.717, 1.165) is 56.6 Å². The maximum atomic E-state index is 13.3. The van der Waals surface area contributed by atoms with Gasteiger partial charge in [0, 0.05) is 44.3 Å². The zero-order chi connectivity index (χ0) is 23.5. The van der Waals surface area contributed by atoms with Crippen LogP contribution in [0.3, 0.4) is 0 Å². The summed E-state index contributed by atoms with van der Waals surface area (Å²) in [5, 5.41) is 0. The molecule has 1 saturated heterocycles. The van der Waals surface area contributed by atoms with Gasteiger partial charge in [0.25, 0.3) is 5.91 Å². The van der Waals surface area contributed by atoms with Crippen LogP contribution in [0.4, 0.5) is 0 Å². The summed E-state index contributed by atoms with van der Waals surface area (Å²) in [6.45, 7) is 6.63. The lowest BCUT2D eigenvalue weighted by molar-refractivity contribution is -0.151. The average Bonchev–Trinajstić information content (AvgIpc) is 2.88. The van der Waals surface area contributed by atoms with E-state index in [2.05, 4.69) is 29.7 Å². The average molecular weight is 449 g/mol. The molecular formula is C28H36N2O3. The lowest BCUT2D eigenvalue weighted by atomic mass is 9.55. The zero-order valence-electron chi connectivity index (χ0n) is 20.1. The van der Waals surface area contributed by atoms with Gasteiger partial charge in [0.1, 0.15) is 5.75 Å². The maximum Gasteiger partial charge on any atom is 0.253 e. The molecule has 2 aliphatic rings. The van der Waals surface area contributed by atoms with Gasteiger partial charge in [-0.05, 0) is 62.1 Å². The number of ether oxygens (including phenoxy) is 2. The molecule has 3 atom stereocenters. The van der Waals surface area contributed by atoms with Crippen molar-refractivity contribution in [2.75, 3.05) is 40.9 Å². The van der Waals surface area contributed by atoms with Gasteiger partial charge in [-0.1, -0.05) is 36.4 Å². The van der Waals surface area contributed by atoms with Crippen LogP contribution >= 0.6 is 0 Å². The molecule has 176 valence electrons. The summed E-state index contributed by atoms with van der Waals surface area (Å²) in [4.78, 5) is 17.7. The SMILES string of the molecule is C=CCN1CCC2(c3cccc(OC)c3)C[C@H](N(C)C(=O)c3ccccc3)CCC2(OC)C1. The Morgan fingerprint density at radius 2 is 1.97 bits per heavy atom. The summed E-state index contributed by atoms with van der Waals surface area (Å²) in [6, 6.07) is 18.2. The van der Waals surface area contributed by atoms with E-state index in [0.29, 0.717) is 0 Å². The molecule has 33 heavy (non-hydrogen) atoms. The summed E-state index contributed by atoms with van der Waals surface area (Å²) in [5.41, 5.74) is 1.45. The number of methoxy groups -OCH3 is 2. The Bertz CT molecular complexity index is 978. The number of carbonyl (C=O) groups excluding carboxylic acids is 1. The fourth-order valence-electron chi connectivity index (χ4n) is 6.11. The molecule has 0 spiro atoms. The number of likely N-dealkylation sites (tertiary alicyclic amines) is 1. The monoisotopic (exact) mass is 448 g/mol. The van der Waals surface area contributed by atoms with Crippen molar-refractivity contribution in [3.05, 3.63) is 78.4 Å². The van der Waals surface area contributed by atoms with Gasteiger partial charge in [-0.3, -0.25) is 9.69 Å². The molecule has 0 radical (unpaired) electrons. The Morgan fingerprint density at radius 3 is 2.67 bits per heavy atom. The van der Waals surface area contributed by atoms with Crippen molar-refractivity contribution >= 4 is 5.91 Å². The smallest absolute Gasteiger partial charge is 0.253 e. The van der Waals surface area contributed by atoms with E-state index in [1.165, 1.54) is 5.56 Å². The van der Waals surface area contributed by atoms with E-state index in [1.807, 2.05) is 61.5 Å². The predicted molar refractivity (Wildman–Crippen MR) is 132 cm³/mol. The molecular weight excluding hydrogens is 412 g/mol. The first-order chi connectivity index (χ1) is 16.0. The van der Waals surface area contributed by atoms with Crippen LogP contribution in [-0.2, 0) is 10.2 Å². The van der Waals surface area contributed by atoms with E-state index >= 15 is 0 Å². The molecule has 2 unspecified atom stereocenters. The van der Waals surface area contributed by atoms with Crippen LogP contribution in [0.5, 0.6) is 5.75 Å². The zero-order valence-corrected chi connectivity index (χ0v) is 20.1. The minimum atomic E-state index is -0.326. The maximum absolute atomic E-state index is 13.3. The third-order valence-corrected chi connectivity index (χ3v) is 7.96. The number of carbonyl (C=O) groups is 1. The molecule has 5 nitrogen and oxygen atoms in total. The third kappa shape index (κ3) is 4.20. The Kier molecular flexibility index (Phi) is 6.91. The number of hydrogen-bond acceptors (Lipinski definition) is 4. The normalized spacial score (nSPS) is 27.4. The van der Waals surface area contributed by atoms with Crippen LogP contribution in [0, 0.1) is 0 Å². The van der Waals surface area contributed by atoms with Crippen molar-refractivity contribution < 1.29 is 14.3 Å². The van der Waals surface area contributed by atoms with E-state index < -0.39 is 0 Å². The molecule has 1 heterocycles. The molecule has 2 aromatic rings. The van der Waals surface area contributed by atoms with Gasteiger partial charge in [0.15, 0.2) is 0 Å². The molecule has 4 rings (SSSR count). The highest BCUT2D eigenvalue weighted by Gasteiger charge is 2.59. The van der Waals surface area contributed by atoms with Crippen molar-refractivity contribution in [1.82, 2.24) is 9.80 Å². The van der Waals surface area contributed by atoms with Crippen molar-refractivity contribution in [1.29, 1.82) is 0 Å². The van der Waals surface area contributed by atoms with Crippen molar-refractivity contribution in [2.24, 2.45) is 0 Å². The van der Waals surface area contributed by atoms with E-state index in [1.54, 1.807) is 7.11 Å². The molecule has 0 bridgehead atoms. The minimum absolute atomic E-state index is 0.0791. The number of nitrogens with zero attached hydrogens (tertiary/aromatic N) is 2. The van der Waals surface area contributed by atoms with E-state index in [9.17, 15) is 4.79 Å². The van der Waals surface area contributed by atoms with Crippen LogP contribution in [0.1, 0.15) is 41.6 Å². The van der Waals surface area contributed by atoms with Gasteiger partial charge in [-0.25, -0.2) is 0 Å². The lowest BCUT2D eigenvalue weighted by Gasteiger charge is -2.60. The number of benzene rings is 2. The predicted octanol–water partition coefficient (Wildman–Crippen LogP) is 4.53. The van der Waals surface area contributed by atoms with Crippen LogP contribution in [0.25, 0.3) is 0 Å². The molecule has 1 saturated carbocycles. The molecule has 1 aliphatic heterocycles. The standard InChI is InChI=1S/C28H36N2O3/c1-5-17-30-18-16-27(23-12-9-13-25(19-23)32-3)20-24(14-15-28(27,21-30)33-4)29(2)26(31)22-10-7-6-8-11-22/h5-13,19,24H,1,14-18,20-21H2,2-4H3/t24-,27?,28?/m1/s1. The Labute approximate surface area is 198 Å². The molecule has 1 amide bonds. The summed E-state index contributed by atoms with van der Waals surface area (Å²) in [7, 11) is 5.51. The molecule has 5 heteroatoms. The highest BCUT2D eigenvalue weighted by Crippen LogP contribution is 2.54. The van der Waals surface area contributed by atoms with Gasteiger partial charge in [-0.2, -0.15) is 0 Å². The van der Waals surface area contributed by atoms with Gasteiger partial charge >= 0.3 is 0 Å². The summed E-state index contributed by atoms with van der Waals surface area (Å²) < 4.78 is 12.0. The van der Waals surface area contributed by atoms with Gasteiger partial charge in [-0.15, -0.1) is 6.58 Å². The number of rotatable bonds is 7. The topological polar surface area (TPSA) is 42.0 Å². The molecule has 0 N–H and O–H groups in total. The van der Waals surface area contributed by atoms with Crippen LogP contribution in [-0.4, -0.2) is 68.3 Å². The second kappa shape index (κ2) is 9.70. The Balaban J connectivity index is 1.72. The fourth-order valence-corrected chi connectivity index (χ4v) is 6.11.